The molecule has 2 rings (SSSR count). The number of Topliss-reactive ketones (excluding diaryl/α,β-unsaturated/α-hetero) is 1. The van der Waals surface area contributed by atoms with Gasteiger partial charge in [-0.25, -0.2) is 0 Å². The van der Waals surface area contributed by atoms with Crippen LogP contribution in [0.15, 0.2) is 30.3 Å². The van der Waals surface area contributed by atoms with Crippen molar-refractivity contribution in [1.82, 2.24) is 10.2 Å². The molecule has 1 aromatic carbocycles. The Bertz CT molecular complexity index is 536. The standard InChI is InChI=1S/C10H5F3N2OS/c11-10(12,13)7(16)9-15-14-8(17-9)6-4-2-1-3-5-6/h1-5H. The molecule has 17 heavy (non-hydrogen) atoms. The van der Waals surface area contributed by atoms with E-state index < -0.39 is 17.0 Å². The maximum absolute atomic E-state index is 12.1. The molecule has 0 radical (unpaired) electrons. The van der Waals surface area contributed by atoms with Gasteiger partial charge in [-0.2, -0.15) is 13.2 Å². The van der Waals surface area contributed by atoms with Gasteiger partial charge in [0.05, 0.1) is 0 Å². The van der Waals surface area contributed by atoms with Crippen LogP contribution in [0.3, 0.4) is 0 Å². The maximum Gasteiger partial charge on any atom is 0.457 e. The van der Waals surface area contributed by atoms with E-state index in [-0.39, 0.29) is 0 Å². The van der Waals surface area contributed by atoms with Gasteiger partial charge in [0.25, 0.3) is 5.78 Å². The Labute approximate surface area is 97.9 Å². The molecule has 0 saturated carbocycles. The molecule has 1 aromatic heterocycles. The molecular formula is C10H5F3N2OS. The quantitative estimate of drug-likeness (QED) is 0.778. The smallest absolute Gasteiger partial charge is 0.281 e. The molecule has 0 unspecified atom stereocenters. The third-order valence-electron chi connectivity index (χ3n) is 1.90. The zero-order valence-corrected chi connectivity index (χ0v) is 9.05. The highest BCUT2D eigenvalue weighted by molar-refractivity contribution is 7.16. The molecule has 3 nitrogen and oxygen atoms in total. The fraction of sp³-hybridized carbons (Fsp3) is 0.100. The normalized spacial score (nSPS) is 11.5. The Hall–Kier alpha value is -1.76. The van der Waals surface area contributed by atoms with Crippen LogP contribution in [0, 0.1) is 0 Å². The minimum Gasteiger partial charge on any atom is -0.281 e. The van der Waals surface area contributed by atoms with Crippen molar-refractivity contribution >= 4 is 17.1 Å². The molecule has 0 aliphatic rings. The van der Waals surface area contributed by atoms with Gasteiger partial charge in [0.1, 0.15) is 5.01 Å². The van der Waals surface area contributed by atoms with Gasteiger partial charge in [0.2, 0.25) is 0 Å². The first kappa shape index (κ1) is 11.7. The van der Waals surface area contributed by atoms with Gasteiger partial charge in [-0.05, 0) is 0 Å². The third-order valence-corrected chi connectivity index (χ3v) is 2.87. The van der Waals surface area contributed by atoms with Crippen LogP contribution in [0.4, 0.5) is 13.2 Å². The van der Waals surface area contributed by atoms with Gasteiger partial charge in [-0.15, -0.1) is 10.2 Å². The summed E-state index contributed by atoms with van der Waals surface area (Å²) in [5.74, 6) is -1.96. The van der Waals surface area contributed by atoms with E-state index >= 15 is 0 Å². The van der Waals surface area contributed by atoms with E-state index in [9.17, 15) is 18.0 Å². The number of hydrogen-bond donors (Lipinski definition) is 0. The van der Waals surface area contributed by atoms with Crippen molar-refractivity contribution in [2.24, 2.45) is 0 Å². The summed E-state index contributed by atoms with van der Waals surface area (Å²) in [6.45, 7) is 0. The minimum atomic E-state index is -4.91. The second kappa shape index (κ2) is 4.25. The molecule has 0 amide bonds. The number of aromatic nitrogens is 2. The summed E-state index contributed by atoms with van der Waals surface area (Å²) in [5, 5.41) is 6.47. The number of ketones is 1. The van der Waals surface area contributed by atoms with Crippen LogP contribution in [0.1, 0.15) is 9.80 Å². The number of halogens is 3. The van der Waals surface area contributed by atoms with E-state index in [0.717, 1.165) is 0 Å². The van der Waals surface area contributed by atoms with Gasteiger partial charge < -0.3 is 0 Å². The average molecular weight is 258 g/mol. The first-order valence-electron chi connectivity index (χ1n) is 4.49. The first-order chi connectivity index (χ1) is 7.98. The maximum atomic E-state index is 12.1. The fourth-order valence-corrected chi connectivity index (χ4v) is 1.94. The van der Waals surface area contributed by atoms with Crippen LogP contribution in [-0.4, -0.2) is 22.2 Å². The summed E-state index contributed by atoms with van der Waals surface area (Å²) in [4.78, 5) is 10.9. The lowest BCUT2D eigenvalue weighted by atomic mass is 10.2. The van der Waals surface area contributed by atoms with Crippen LogP contribution in [-0.2, 0) is 0 Å². The Morgan fingerprint density at radius 3 is 2.35 bits per heavy atom. The monoisotopic (exact) mass is 258 g/mol. The van der Waals surface area contributed by atoms with E-state index in [1.165, 1.54) is 0 Å². The van der Waals surface area contributed by atoms with Crippen LogP contribution < -0.4 is 0 Å². The Balaban J connectivity index is 2.32. The lowest BCUT2D eigenvalue weighted by Crippen LogP contribution is -2.22. The second-order valence-corrected chi connectivity index (χ2v) is 4.08. The SMILES string of the molecule is O=C(c1nnc(-c2ccccc2)s1)C(F)(F)F. The summed E-state index contributed by atoms with van der Waals surface area (Å²) < 4.78 is 36.4. The molecule has 0 atom stereocenters. The predicted octanol–water partition coefficient (Wildman–Crippen LogP) is 2.95. The van der Waals surface area contributed by atoms with E-state index in [4.69, 9.17) is 0 Å². The average Bonchev–Trinajstić information content (AvgIpc) is 2.77. The summed E-state index contributed by atoms with van der Waals surface area (Å²) in [5.41, 5.74) is 0.631. The number of benzene rings is 1. The molecule has 0 aliphatic carbocycles. The third kappa shape index (κ3) is 2.50. The molecule has 2 aromatic rings. The molecule has 0 saturated heterocycles. The number of hydrogen-bond acceptors (Lipinski definition) is 4. The number of alkyl halides is 3. The first-order valence-corrected chi connectivity index (χ1v) is 5.30. The van der Waals surface area contributed by atoms with E-state index in [2.05, 4.69) is 10.2 Å². The molecular weight excluding hydrogens is 253 g/mol. The Morgan fingerprint density at radius 1 is 1.12 bits per heavy atom. The van der Waals surface area contributed by atoms with E-state index in [0.29, 0.717) is 21.9 Å². The molecule has 0 bridgehead atoms. The fourth-order valence-electron chi connectivity index (χ4n) is 1.13. The number of carbonyl (C=O) groups is 1. The van der Waals surface area contributed by atoms with Crippen LogP contribution >= 0.6 is 11.3 Å². The number of carbonyl (C=O) groups excluding carboxylic acids is 1. The number of rotatable bonds is 2. The summed E-state index contributed by atoms with van der Waals surface area (Å²) in [6.07, 6.45) is -4.91. The summed E-state index contributed by atoms with van der Waals surface area (Å²) in [7, 11) is 0. The molecule has 0 N–H and O–H groups in total. The van der Waals surface area contributed by atoms with E-state index in [1.54, 1.807) is 30.3 Å². The molecule has 0 fully saturated rings. The van der Waals surface area contributed by atoms with Gasteiger partial charge >= 0.3 is 6.18 Å². The van der Waals surface area contributed by atoms with Gasteiger partial charge in [0.15, 0.2) is 5.01 Å². The zero-order chi connectivity index (χ0) is 12.5. The van der Waals surface area contributed by atoms with Crippen molar-refractivity contribution in [2.45, 2.75) is 6.18 Å². The van der Waals surface area contributed by atoms with Gasteiger partial charge in [-0.1, -0.05) is 41.7 Å². The van der Waals surface area contributed by atoms with Crippen molar-refractivity contribution in [3.05, 3.63) is 35.3 Å². The van der Waals surface area contributed by atoms with Crippen molar-refractivity contribution < 1.29 is 18.0 Å². The molecule has 0 spiro atoms. The Kier molecular flexibility index (Phi) is 2.93. The van der Waals surface area contributed by atoms with Crippen molar-refractivity contribution in [1.29, 1.82) is 0 Å². The van der Waals surface area contributed by atoms with Gasteiger partial charge in [-0.3, -0.25) is 4.79 Å². The lowest BCUT2D eigenvalue weighted by molar-refractivity contribution is -0.0885. The zero-order valence-electron chi connectivity index (χ0n) is 8.23. The van der Waals surface area contributed by atoms with Crippen LogP contribution in [0.5, 0.6) is 0 Å². The minimum absolute atomic E-state index is 0.290. The molecule has 7 heteroatoms. The highest BCUT2D eigenvalue weighted by Gasteiger charge is 2.41. The predicted molar refractivity (Wildman–Crippen MR) is 55.7 cm³/mol. The van der Waals surface area contributed by atoms with Crippen molar-refractivity contribution in [3.63, 3.8) is 0 Å². The van der Waals surface area contributed by atoms with Crippen LogP contribution in [0.2, 0.25) is 0 Å². The molecule has 88 valence electrons. The Morgan fingerprint density at radius 2 is 1.76 bits per heavy atom. The highest BCUT2D eigenvalue weighted by atomic mass is 32.1. The largest absolute Gasteiger partial charge is 0.457 e. The van der Waals surface area contributed by atoms with Gasteiger partial charge in [0, 0.05) is 5.56 Å². The van der Waals surface area contributed by atoms with Crippen LogP contribution in [0.25, 0.3) is 10.6 Å². The topological polar surface area (TPSA) is 42.9 Å². The second-order valence-electron chi connectivity index (χ2n) is 3.11. The lowest BCUT2D eigenvalue weighted by Gasteiger charge is -1.99. The van der Waals surface area contributed by atoms with Crippen molar-refractivity contribution in [2.75, 3.05) is 0 Å². The number of nitrogens with zero attached hydrogens (tertiary/aromatic N) is 2. The van der Waals surface area contributed by atoms with Crippen molar-refractivity contribution in [3.8, 4) is 10.6 Å². The highest BCUT2D eigenvalue weighted by Crippen LogP contribution is 2.27. The summed E-state index contributed by atoms with van der Waals surface area (Å²) >= 11 is 0.629. The summed E-state index contributed by atoms with van der Waals surface area (Å²) in [6, 6.07) is 8.58. The molecule has 1 heterocycles. The molecule has 0 aliphatic heterocycles. The van der Waals surface area contributed by atoms with E-state index in [1.807, 2.05) is 0 Å².